The lowest BCUT2D eigenvalue weighted by atomic mass is 10.0. The van der Waals surface area contributed by atoms with E-state index in [1.54, 1.807) is 6.07 Å². The largest absolute Gasteiger partial charge is 0.476 e. The van der Waals surface area contributed by atoms with Crippen LogP contribution in [0.1, 0.15) is 25.1 Å². The first-order chi connectivity index (χ1) is 8.15. The summed E-state index contributed by atoms with van der Waals surface area (Å²) in [7, 11) is 2.14. The molecule has 94 valence electrons. The predicted molar refractivity (Wildman–Crippen MR) is 67.5 cm³/mol. The second kappa shape index (κ2) is 5.65. The van der Waals surface area contributed by atoms with E-state index in [4.69, 9.17) is 16.3 Å². The Morgan fingerprint density at radius 1 is 1.47 bits per heavy atom. The highest BCUT2D eigenvalue weighted by atomic mass is 35.5. The van der Waals surface area contributed by atoms with E-state index in [0.717, 1.165) is 6.54 Å². The van der Waals surface area contributed by atoms with Gasteiger partial charge in [0.05, 0.1) is 0 Å². The van der Waals surface area contributed by atoms with Gasteiger partial charge in [0.1, 0.15) is 17.6 Å². The number of ether oxygens (including phenoxy) is 1. The lowest BCUT2D eigenvalue weighted by Gasteiger charge is -2.31. The Hall–Kier alpha value is -0.870. The molecule has 1 fully saturated rings. The zero-order valence-electron chi connectivity index (χ0n) is 10.3. The van der Waals surface area contributed by atoms with Crippen molar-refractivity contribution in [3.63, 3.8) is 0 Å². The van der Waals surface area contributed by atoms with Gasteiger partial charge in [-0.05, 0) is 33.4 Å². The van der Waals surface area contributed by atoms with E-state index in [9.17, 15) is 0 Å². The number of halogens is 1. The van der Waals surface area contributed by atoms with Crippen LogP contribution < -0.4 is 4.74 Å². The number of likely N-dealkylation sites (tertiary alicyclic amines) is 1. The first kappa shape index (κ1) is 12.6. The van der Waals surface area contributed by atoms with Crippen molar-refractivity contribution in [3.8, 4) is 5.88 Å². The molecule has 1 aliphatic heterocycles. The highest BCUT2D eigenvalue weighted by Gasteiger charge is 2.19. The Kier molecular flexibility index (Phi) is 4.18. The van der Waals surface area contributed by atoms with Crippen LogP contribution in [0.25, 0.3) is 0 Å². The standard InChI is InChI=1S/C12H18ClN3O/c1-9-14-11(13)7-12(15-9)17-8-10-5-3-4-6-16(10)2/h7,10H,3-6,8H2,1-2H3. The number of hydrogen-bond donors (Lipinski definition) is 0. The molecule has 1 aromatic heterocycles. The smallest absolute Gasteiger partial charge is 0.218 e. The van der Waals surface area contributed by atoms with Gasteiger partial charge >= 0.3 is 0 Å². The predicted octanol–water partition coefficient (Wildman–Crippen LogP) is 2.30. The number of likely N-dealkylation sites (N-methyl/N-ethyl adjacent to an activating group) is 1. The molecule has 0 spiro atoms. The topological polar surface area (TPSA) is 38.2 Å². The maximum Gasteiger partial charge on any atom is 0.218 e. The normalized spacial score (nSPS) is 21.5. The Labute approximate surface area is 107 Å². The van der Waals surface area contributed by atoms with Gasteiger partial charge in [0.2, 0.25) is 5.88 Å². The molecule has 0 bridgehead atoms. The van der Waals surface area contributed by atoms with Gasteiger partial charge in [0, 0.05) is 12.1 Å². The molecule has 1 saturated heterocycles. The molecule has 1 aromatic rings. The van der Waals surface area contributed by atoms with E-state index in [-0.39, 0.29) is 0 Å². The third-order valence-corrected chi connectivity index (χ3v) is 3.32. The van der Waals surface area contributed by atoms with E-state index in [2.05, 4.69) is 21.9 Å². The fraction of sp³-hybridized carbons (Fsp3) is 0.667. The Balaban J connectivity index is 1.92. The average Bonchev–Trinajstić information content (AvgIpc) is 2.27. The summed E-state index contributed by atoms with van der Waals surface area (Å²) < 4.78 is 5.70. The molecule has 0 aromatic carbocycles. The van der Waals surface area contributed by atoms with Crippen molar-refractivity contribution in [2.45, 2.75) is 32.2 Å². The van der Waals surface area contributed by atoms with Gasteiger partial charge in [-0.2, -0.15) is 4.98 Å². The molecule has 0 aliphatic carbocycles. The zero-order valence-corrected chi connectivity index (χ0v) is 11.1. The lowest BCUT2D eigenvalue weighted by molar-refractivity contribution is 0.122. The molecule has 1 atom stereocenters. The number of aromatic nitrogens is 2. The van der Waals surface area contributed by atoms with Crippen molar-refractivity contribution in [3.05, 3.63) is 17.0 Å². The molecule has 0 amide bonds. The molecule has 0 radical (unpaired) electrons. The molecule has 2 rings (SSSR count). The second-order valence-electron chi connectivity index (χ2n) is 4.52. The Morgan fingerprint density at radius 3 is 3.00 bits per heavy atom. The van der Waals surface area contributed by atoms with E-state index >= 15 is 0 Å². The van der Waals surface area contributed by atoms with Crippen LogP contribution in [0.2, 0.25) is 5.15 Å². The lowest BCUT2D eigenvalue weighted by Crippen LogP contribution is -2.40. The number of hydrogen-bond acceptors (Lipinski definition) is 4. The van der Waals surface area contributed by atoms with Gasteiger partial charge in [-0.1, -0.05) is 18.0 Å². The SMILES string of the molecule is Cc1nc(Cl)cc(OCC2CCCCN2C)n1. The maximum atomic E-state index is 5.86. The molecule has 1 unspecified atom stereocenters. The summed E-state index contributed by atoms with van der Waals surface area (Å²) in [4.78, 5) is 10.6. The monoisotopic (exact) mass is 255 g/mol. The first-order valence-corrected chi connectivity index (χ1v) is 6.37. The highest BCUT2D eigenvalue weighted by Crippen LogP contribution is 2.18. The molecule has 17 heavy (non-hydrogen) atoms. The summed E-state index contributed by atoms with van der Waals surface area (Å²) in [6, 6.07) is 2.15. The molecule has 1 aliphatic rings. The summed E-state index contributed by atoms with van der Waals surface area (Å²) >= 11 is 5.86. The highest BCUT2D eigenvalue weighted by molar-refractivity contribution is 6.29. The zero-order chi connectivity index (χ0) is 12.3. The number of aryl methyl sites for hydroxylation is 1. The van der Waals surface area contributed by atoms with Crippen molar-refractivity contribution >= 4 is 11.6 Å². The van der Waals surface area contributed by atoms with Gasteiger partial charge < -0.3 is 9.64 Å². The van der Waals surface area contributed by atoms with Crippen molar-refractivity contribution < 1.29 is 4.74 Å². The van der Waals surface area contributed by atoms with Crippen LogP contribution in [0.4, 0.5) is 0 Å². The van der Waals surface area contributed by atoms with Crippen molar-refractivity contribution in [1.29, 1.82) is 0 Å². The summed E-state index contributed by atoms with van der Waals surface area (Å²) in [6.45, 7) is 3.63. The fourth-order valence-electron chi connectivity index (χ4n) is 2.12. The summed E-state index contributed by atoms with van der Waals surface area (Å²) in [5.74, 6) is 1.21. The minimum absolute atomic E-state index is 0.435. The molecule has 4 nitrogen and oxygen atoms in total. The van der Waals surface area contributed by atoms with E-state index in [1.165, 1.54) is 19.3 Å². The molecular weight excluding hydrogens is 238 g/mol. The summed E-state index contributed by atoms with van der Waals surface area (Å²) in [5.41, 5.74) is 0. The molecular formula is C12H18ClN3O. The van der Waals surface area contributed by atoms with Gasteiger partial charge in [0.25, 0.3) is 0 Å². The van der Waals surface area contributed by atoms with Crippen LogP contribution in [0.5, 0.6) is 5.88 Å². The van der Waals surface area contributed by atoms with E-state index < -0.39 is 0 Å². The van der Waals surface area contributed by atoms with Gasteiger partial charge in [-0.25, -0.2) is 4.98 Å². The van der Waals surface area contributed by atoms with Gasteiger partial charge in [0.15, 0.2) is 0 Å². The minimum atomic E-state index is 0.435. The molecule has 5 heteroatoms. The number of piperidine rings is 1. The second-order valence-corrected chi connectivity index (χ2v) is 4.90. The number of nitrogens with zero attached hydrogens (tertiary/aromatic N) is 3. The van der Waals surface area contributed by atoms with Crippen molar-refractivity contribution in [2.24, 2.45) is 0 Å². The van der Waals surface area contributed by atoms with Crippen LogP contribution >= 0.6 is 11.6 Å². The van der Waals surface area contributed by atoms with Crippen LogP contribution in [0.3, 0.4) is 0 Å². The van der Waals surface area contributed by atoms with Gasteiger partial charge in [-0.3, -0.25) is 0 Å². The number of rotatable bonds is 3. The van der Waals surface area contributed by atoms with E-state index in [1.807, 2.05) is 6.92 Å². The van der Waals surface area contributed by atoms with Crippen LogP contribution in [0, 0.1) is 6.92 Å². The minimum Gasteiger partial charge on any atom is -0.476 e. The van der Waals surface area contributed by atoms with Crippen molar-refractivity contribution in [2.75, 3.05) is 20.2 Å². The summed E-state index contributed by atoms with van der Waals surface area (Å²) in [6.07, 6.45) is 3.75. The van der Waals surface area contributed by atoms with Crippen LogP contribution in [-0.2, 0) is 0 Å². The summed E-state index contributed by atoms with van der Waals surface area (Å²) in [5, 5.41) is 0.435. The third-order valence-electron chi connectivity index (χ3n) is 3.13. The Morgan fingerprint density at radius 2 is 2.29 bits per heavy atom. The molecule has 2 heterocycles. The quantitative estimate of drug-likeness (QED) is 0.777. The maximum absolute atomic E-state index is 5.86. The van der Waals surface area contributed by atoms with Gasteiger partial charge in [-0.15, -0.1) is 0 Å². The Bertz CT molecular complexity index is 366. The molecule has 0 saturated carbocycles. The average molecular weight is 256 g/mol. The van der Waals surface area contributed by atoms with E-state index in [0.29, 0.717) is 29.5 Å². The molecule has 0 N–H and O–H groups in total. The van der Waals surface area contributed by atoms with Crippen LogP contribution in [0.15, 0.2) is 6.07 Å². The van der Waals surface area contributed by atoms with Crippen LogP contribution in [-0.4, -0.2) is 41.1 Å². The fourth-order valence-corrected chi connectivity index (χ4v) is 2.33. The first-order valence-electron chi connectivity index (χ1n) is 5.99. The van der Waals surface area contributed by atoms with Crippen molar-refractivity contribution in [1.82, 2.24) is 14.9 Å². The third kappa shape index (κ3) is 3.54.